The summed E-state index contributed by atoms with van der Waals surface area (Å²) in [4.78, 5) is 20.4. The van der Waals surface area contributed by atoms with Gasteiger partial charge in [-0.05, 0) is 45.2 Å². The van der Waals surface area contributed by atoms with E-state index < -0.39 is 0 Å². The fraction of sp³-hybridized carbons (Fsp3) is 0.737. The Kier molecular flexibility index (Phi) is 9.01. The summed E-state index contributed by atoms with van der Waals surface area (Å²) in [6.45, 7) is 11.8. The molecule has 1 aromatic rings. The third-order valence-electron chi connectivity index (χ3n) is 5.46. The van der Waals surface area contributed by atoms with Crippen molar-refractivity contribution in [1.29, 1.82) is 0 Å². The summed E-state index contributed by atoms with van der Waals surface area (Å²) in [6, 6.07) is 2.50. The Labute approximate surface area is 180 Å². The Morgan fingerprint density at radius 2 is 1.89 bits per heavy atom. The number of piperazine rings is 1. The first-order valence-corrected chi connectivity index (χ1v) is 9.89. The van der Waals surface area contributed by atoms with E-state index in [4.69, 9.17) is 0 Å². The molecule has 3 heterocycles. The number of nitrogens with one attached hydrogen (secondary N) is 1. The first kappa shape index (κ1) is 22.1. The van der Waals surface area contributed by atoms with Gasteiger partial charge >= 0.3 is 0 Å². The molecule has 8 heteroatoms. The average Bonchev–Trinajstić information content (AvgIpc) is 2.70. The van der Waals surface area contributed by atoms with E-state index in [-0.39, 0.29) is 24.0 Å². The number of halogens is 1. The molecule has 1 aromatic heterocycles. The van der Waals surface area contributed by atoms with Crippen molar-refractivity contribution >= 4 is 35.9 Å². The largest absolute Gasteiger partial charge is 0.356 e. The zero-order valence-corrected chi connectivity index (χ0v) is 19.2. The van der Waals surface area contributed by atoms with E-state index in [1.807, 2.05) is 13.1 Å². The Hall–Kier alpha value is -1.16. The van der Waals surface area contributed by atoms with Crippen LogP contribution in [0.3, 0.4) is 0 Å². The van der Waals surface area contributed by atoms with E-state index in [2.05, 4.69) is 48.8 Å². The van der Waals surface area contributed by atoms with Gasteiger partial charge in [-0.15, -0.1) is 24.0 Å². The fourth-order valence-corrected chi connectivity index (χ4v) is 3.87. The number of aromatic nitrogens is 2. The second-order valence-corrected chi connectivity index (χ2v) is 7.55. The van der Waals surface area contributed by atoms with Crippen LogP contribution >= 0.6 is 24.0 Å². The number of nitrogens with zero attached hydrogens (tertiary/aromatic N) is 6. The molecule has 3 rings (SSSR count). The third-order valence-corrected chi connectivity index (χ3v) is 5.46. The molecule has 0 radical (unpaired) electrons. The smallest absolute Gasteiger partial charge is 0.225 e. The van der Waals surface area contributed by atoms with E-state index in [1.54, 1.807) is 12.4 Å². The lowest BCUT2D eigenvalue weighted by Crippen LogP contribution is -2.54. The van der Waals surface area contributed by atoms with Crippen molar-refractivity contribution in [2.24, 2.45) is 10.9 Å². The number of rotatable bonds is 4. The molecule has 27 heavy (non-hydrogen) atoms. The number of hydrogen-bond donors (Lipinski definition) is 1. The number of piperidine rings is 1. The maximum Gasteiger partial charge on any atom is 0.225 e. The van der Waals surface area contributed by atoms with Gasteiger partial charge in [-0.25, -0.2) is 9.97 Å². The number of guanidine groups is 1. The molecule has 7 nitrogen and oxygen atoms in total. The lowest BCUT2D eigenvalue weighted by atomic mass is 9.97. The van der Waals surface area contributed by atoms with Crippen LogP contribution < -0.4 is 10.2 Å². The number of anilines is 1. The Balaban J connectivity index is 0.00000261. The highest BCUT2D eigenvalue weighted by atomic mass is 127. The van der Waals surface area contributed by atoms with Crippen LogP contribution in [-0.2, 0) is 0 Å². The Morgan fingerprint density at radius 1 is 1.19 bits per heavy atom. The van der Waals surface area contributed by atoms with Gasteiger partial charge in [-0.2, -0.15) is 0 Å². The van der Waals surface area contributed by atoms with Crippen LogP contribution in [0.5, 0.6) is 0 Å². The van der Waals surface area contributed by atoms with Crippen LogP contribution in [0.25, 0.3) is 0 Å². The second kappa shape index (κ2) is 11.0. The summed E-state index contributed by atoms with van der Waals surface area (Å²) in [5, 5.41) is 3.62. The Morgan fingerprint density at radius 3 is 2.52 bits per heavy atom. The molecule has 1 N–H and O–H groups in total. The van der Waals surface area contributed by atoms with Crippen LogP contribution in [0.1, 0.15) is 26.7 Å². The van der Waals surface area contributed by atoms with Gasteiger partial charge in [0.2, 0.25) is 5.95 Å². The molecule has 1 unspecified atom stereocenters. The van der Waals surface area contributed by atoms with Crippen molar-refractivity contribution in [2.75, 3.05) is 57.8 Å². The quantitative estimate of drug-likeness (QED) is 0.398. The van der Waals surface area contributed by atoms with Gasteiger partial charge in [0, 0.05) is 64.8 Å². The molecule has 0 bridgehead atoms. The van der Waals surface area contributed by atoms with Crippen molar-refractivity contribution in [3.63, 3.8) is 0 Å². The van der Waals surface area contributed by atoms with Crippen molar-refractivity contribution in [3.05, 3.63) is 18.5 Å². The summed E-state index contributed by atoms with van der Waals surface area (Å²) < 4.78 is 0. The average molecular weight is 487 g/mol. The van der Waals surface area contributed by atoms with Crippen molar-refractivity contribution < 1.29 is 0 Å². The van der Waals surface area contributed by atoms with Crippen LogP contribution in [0.15, 0.2) is 23.5 Å². The minimum Gasteiger partial charge on any atom is -0.356 e. The van der Waals surface area contributed by atoms with Gasteiger partial charge < -0.3 is 20.0 Å². The van der Waals surface area contributed by atoms with E-state index in [0.717, 1.165) is 44.6 Å². The normalized spacial score (nSPS) is 21.9. The number of likely N-dealkylation sites (tertiary alicyclic amines) is 1. The summed E-state index contributed by atoms with van der Waals surface area (Å²) in [6.07, 6.45) is 6.23. The number of hydrogen-bond acceptors (Lipinski definition) is 5. The van der Waals surface area contributed by atoms with Crippen LogP contribution in [0.2, 0.25) is 0 Å². The predicted molar refractivity (Wildman–Crippen MR) is 122 cm³/mol. The highest BCUT2D eigenvalue weighted by molar-refractivity contribution is 14.0. The van der Waals surface area contributed by atoms with E-state index >= 15 is 0 Å². The summed E-state index contributed by atoms with van der Waals surface area (Å²) in [7, 11) is 1.89. The van der Waals surface area contributed by atoms with Gasteiger partial charge in [-0.3, -0.25) is 4.99 Å². The topological polar surface area (TPSA) is 59.9 Å². The molecule has 1 atom stereocenters. The van der Waals surface area contributed by atoms with E-state index in [9.17, 15) is 0 Å². The summed E-state index contributed by atoms with van der Waals surface area (Å²) >= 11 is 0. The maximum atomic E-state index is 4.52. The molecule has 2 saturated heterocycles. The molecular formula is C19H34IN7. The van der Waals surface area contributed by atoms with Gasteiger partial charge in [0.1, 0.15) is 0 Å². The van der Waals surface area contributed by atoms with Gasteiger partial charge in [-0.1, -0.05) is 0 Å². The molecule has 2 fully saturated rings. The van der Waals surface area contributed by atoms with Crippen LogP contribution in [0, 0.1) is 5.92 Å². The van der Waals surface area contributed by atoms with Crippen LogP contribution in [0.4, 0.5) is 5.95 Å². The third kappa shape index (κ3) is 6.17. The van der Waals surface area contributed by atoms with Gasteiger partial charge in [0.25, 0.3) is 0 Å². The lowest BCUT2D eigenvalue weighted by Gasteiger charge is -2.38. The molecule has 2 aliphatic rings. The first-order valence-electron chi connectivity index (χ1n) is 9.89. The van der Waals surface area contributed by atoms with Gasteiger partial charge in [0.05, 0.1) is 0 Å². The predicted octanol–water partition coefficient (Wildman–Crippen LogP) is 1.91. The molecule has 0 aromatic carbocycles. The fourth-order valence-electron chi connectivity index (χ4n) is 3.87. The second-order valence-electron chi connectivity index (χ2n) is 7.55. The summed E-state index contributed by atoms with van der Waals surface area (Å²) in [5.41, 5.74) is 0. The monoisotopic (exact) mass is 487 g/mol. The maximum absolute atomic E-state index is 4.52. The zero-order valence-electron chi connectivity index (χ0n) is 16.8. The van der Waals surface area contributed by atoms with Gasteiger partial charge in [0.15, 0.2) is 5.96 Å². The molecular weight excluding hydrogens is 453 g/mol. The lowest BCUT2D eigenvalue weighted by molar-refractivity contribution is 0.140. The van der Waals surface area contributed by atoms with Crippen LogP contribution in [-0.4, -0.2) is 84.6 Å². The van der Waals surface area contributed by atoms with Crippen molar-refractivity contribution in [1.82, 2.24) is 25.1 Å². The minimum absolute atomic E-state index is 0. The molecule has 0 aliphatic carbocycles. The van der Waals surface area contributed by atoms with E-state index in [1.165, 1.54) is 25.9 Å². The van der Waals surface area contributed by atoms with Crippen molar-refractivity contribution in [2.45, 2.75) is 32.7 Å². The molecule has 0 spiro atoms. The molecule has 0 saturated carbocycles. The van der Waals surface area contributed by atoms with Crippen molar-refractivity contribution in [3.8, 4) is 0 Å². The first-order chi connectivity index (χ1) is 12.7. The zero-order chi connectivity index (χ0) is 18.4. The Bertz CT molecular complexity index is 573. The molecule has 0 amide bonds. The molecule has 152 valence electrons. The standard InChI is InChI=1S/C19H33N7.HI/c1-16(2)26-9-4-6-17(15-26)14-23-18(20-3)24-10-12-25(13-11-24)19-21-7-5-8-22-19;/h5,7-8,16-17H,4,6,9-15H2,1-3H3,(H,20,23);1H. The highest BCUT2D eigenvalue weighted by Gasteiger charge is 2.24. The number of aliphatic imine (C=N–C) groups is 1. The summed E-state index contributed by atoms with van der Waals surface area (Å²) in [5.74, 6) is 2.56. The SMILES string of the molecule is CN=C(NCC1CCCN(C(C)C)C1)N1CCN(c2ncccn2)CC1.I. The molecule has 2 aliphatic heterocycles. The van der Waals surface area contributed by atoms with E-state index in [0.29, 0.717) is 12.0 Å². The highest BCUT2D eigenvalue weighted by Crippen LogP contribution is 2.18. The minimum atomic E-state index is 0.